The topological polar surface area (TPSA) is 42.3 Å². The van der Waals surface area contributed by atoms with Crippen LogP contribution < -0.4 is 24.2 Å². The van der Waals surface area contributed by atoms with Crippen molar-refractivity contribution in [2.75, 3.05) is 11.4 Å². The van der Waals surface area contributed by atoms with Gasteiger partial charge in [0.1, 0.15) is 11.2 Å². The van der Waals surface area contributed by atoms with Gasteiger partial charge in [0.25, 0.3) is 11.1 Å². The number of aryl methyl sites for hydroxylation is 3. The van der Waals surface area contributed by atoms with E-state index in [1.54, 1.807) is 10.6 Å². The summed E-state index contributed by atoms with van der Waals surface area (Å²) in [6.45, 7) is 14.4. The van der Waals surface area contributed by atoms with Gasteiger partial charge in [0.15, 0.2) is 0 Å². The standard InChI is InChI=1S/C31H32N3O2S/c1-6-16-34-30(20-29-33(8-3)26-18-21(4)22(5)19-27(26)36-29)37-28(31(34)35)14-13-23-15-17-32(7-2)25-12-10-9-11-24(23)25/h6,9-15,17-20H,1,7-8,16H2,2-5H3/q+1/b23-13+,28-14+. The maximum absolute atomic E-state index is 13.4. The molecule has 0 fully saturated rings. The van der Waals surface area contributed by atoms with E-state index >= 15 is 0 Å². The Morgan fingerprint density at radius 1 is 1.11 bits per heavy atom. The Bertz CT molecular complexity index is 1750. The van der Waals surface area contributed by atoms with Crippen LogP contribution in [0.4, 0.5) is 5.69 Å². The van der Waals surface area contributed by atoms with Gasteiger partial charge in [-0.25, -0.2) is 0 Å². The number of aromatic nitrogens is 2. The highest BCUT2D eigenvalue weighted by molar-refractivity contribution is 7.07. The maximum atomic E-state index is 13.4. The molecular weight excluding hydrogens is 478 g/mol. The van der Waals surface area contributed by atoms with Crippen molar-refractivity contribution in [3.05, 3.63) is 110 Å². The van der Waals surface area contributed by atoms with Gasteiger partial charge in [0, 0.05) is 36.6 Å². The Hall–Kier alpha value is -3.90. The molecule has 5 nitrogen and oxygen atoms in total. The molecule has 0 spiro atoms. The summed E-state index contributed by atoms with van der Waals surface area (Å²) < 4.78 is 11.7. The number of anilines is 1. The maximum Gasteiger partial charge on any atom is 0.377 e. The van der Waals surface area contributed by atoms with Gasteiger partial charge in [-0.2, -0.15) is 4.57 Å². The second kappa shape index (κ2) is 10.2. The first-order valence-electron chi connectivity index (χ1n) is 12.7. The molecule has 0 radical (unpaired) electrons. The number of benzene rings is 2. The lowest BCUT2D eigenvalue weighted by Crippen LogP contribution is -2.35. The van der Waals surface area contributed by atoms with Crippen molar-refractivity contribution in [2.24, 2.45) is 0 Å². The molecule has 6 heteroatoms. The quantitative estimate of drug-likeness (QED) is 0.276. The highest BCUT2D eigenvalue weighted by Gasteiger charge is 2.21. The minimum Gasteiger partial charge on any atom is -0.398 e. The fourth-order valence-electron chi connectivity index (χ4n) is 4.75. The van der Waals surface area contributed by atoms with E-state index in [0.717, 1.165) is 45.9 Å². The van der Waals surface area contributed by atoms with Crippen LogP contribution in [0.1, 0.15) is 36.4 Å². The van der Waals surface area contributed by atoms with Crippen molar-refractivity contribution in [1.29, 1.82) is 0 Å². The Morgan fingerprint density at radius 3 is 2.65 bits per heavy atom. The van der Waals surface area contributed by atoms with E-state index in [4.69, 9.17) is 4.42 Å². The average Bonchev–Trinajstić information content (AvgIpc) is 3.38. The number of rotatable bonds is 6. The van der Waals surface area contributed by atoms with Gasteiger partial charge in [-0.3, -0.25) is 9.36 Å². The molecule has 4 aromatic rings. The summed E-state index contributed by atoms with van der Waals surface area (Å²) in [5.74, 6) is 0.732. The van der Waals surface area contributed by atoms with E-state index in [9.17, 15) is 4.79 Å². The zero-order valence-corrected chi connectivity index (χ0v) is 22.6. The first-order valence-corrected chi connectivity index (χ1v) is 13.5. The molecule has 0 amide bonds. The number of thiazole rings is 1. The Labute approximate surface area is 220 Å². The summed E-state index contributed by atoms with van der Waals surface area (Å²) in [5, 5.41) is 0. The minimum absolute atomic E-state index is 0.0258. The molecule has 0 bridgehead atoms. The van der Waals surface area contributed by atoms with Crippen LogP contribution in [0.25, 0.3) is 28.8 Å². The van der Waals surface area contributed by atoms with Gasteiger partial charge in [-0.05, 0) is 68.7 Å². The third-order valence-corrected chi connectivity index (χ3v) is 7.95. The largest absolute Gasteiger partial charge is 0.398 e. The highest BCUT2D eigenvalue weighted by atomic mass is 32.1. The van der Waals surface area contributed by atoms with Gasteiger partial charge < -0.3 is 9.32 Å². The first-order chi connectivity index (χ1) is 17.9. The van der Waals surface area contributed by atoms with Gasteiger partial charge in [-0.15, -0.1) is 17.9 Å². The SMILES string of the molecule is C=CCn1c(=O)/c(=C\C=C2/C=CN(CC)c3ccccc32)s/c1=C\c1oc2cc(C)c(C)cc2[n+]1CC. The van der Waals surface area contributed by atoms with E-state index in [-0.39, 0.29) is 5.56 Å². The second-order valence-corrected chi connectivity index (χ2v) is 10.2. The van der Waals surface area contributed by atoms with Crippen LogP contribution in [0.3, 0.4) is 0 Å². The molecule has 2 aromatic heterocycles. The molecule has 188 valence electrons. The molecule has 1 aliphatic heterocycles. The van der Waals surface area contributed by atoms with Crippen LogP contribution in [0, 0.1) is 13.8 Å². The monoisotopic (exact) mass is 510 g/mol. The lowest BCUT2D eigenvalue weighted by Gasteiger charge is -2.26. The average molecular weight is 511 g/mol. The van der Waals surface area contributed by atoms with Gasteiger partial charge in [-0.1, -0.05) is 30.4 Å². The third kappa shape index (κ3) is 4.53. The van der Waals surface area contributed by atoms with Crippen LogP contribution in [-0.4, -0.2) is 11.1 Å². The van der Waals surface area contributed by atoms with E-state index in [1.165, 1.54) is 28.2 Å². The molecule has 1 aliphatic rings. The molecular formula is C31H32N3O2S+. The summed E-state index contributed by atoms with van der Waals surface area (Å²) in [6, 6.07) is 12.6. The molecule has 0 unspecified atom stereocenters. The molecule has 0 aliphatic carbocycles. The summed E-state index contributed by atoms with van der Waals surface area (Å²) in [7, 11) is 0. The summed E-state index contributed by atoms with van der Waals surface area (Å²) in [6.07, 6.45) is 11.9. The number of nitrogens with zero attached hydrogens (tertiary/aromatic N) is 3. The van der Waals surface area contributed by atoms with Crippen molar-refractivity contribution < 1.29 is 8.98 Å². The van der Waals surface area contributed by atoms with Gasteiger partial charge >= 0.3 is 5.89 Å². The van der Waals surface area contributed by atoms with E-state index in [0.29, 0.717) is 11.1 Å². The summed E-state index contributed by atoms with van der Waals surface area (Å²) in [4.78, 5) is 15.6. The van der Waals surface area contributed by atoms with Gasteiger partial charge in [0.05, 0.1) is 10.6 Å². The lowest BCUT2D eigenvalue weighted by atomic mass is 9.99. The normalized spacial score (nSPS) is 15.2. The first kappa shape index (κ1) is 24.8. The lowest BCUT2D eigenvalue weighted by molar-refractivity contribution is -0.674. The third-order valence-electron chi connectivity index (χ3n) is 6.87. The van der Waals surface area contributed by atoms with E-state index in [1.807, 2.05) is 24.3 Å². The van der Waals surface area contributed by atoms with Crippen LogP contribution in [0.5, 0.6) is 0 Å². The Kier molecular flexibility index (Phi) is 6.85. The molecule has 2 aromatic carbocycles. The molecule has 37 heavy (non-hydrogen) atoms. The fraction of sp³-hybridized carbons (Fsp3) is 0.226. The molecule has 0 saturated carbocycles. The minimum atomic E-state index is -0.0258. The van der Waals surface area contributed by atoms with E-state index in [2.05, 4.69) is 86.3 Å². The van der Waals surface area contributed by atoms with Crippen LogP contribution >= 0.6 is 11.3 Å². The number of allylic oxidation sites excluding steroid dienone is 4. The van der Waals surface area contributed by atoms with E-state index < -0.39 is 0 Å². The number of oxazole rings is 1. The van der Waals surface area contributed by atoms with Crippen LogP contribution in [-0.2, 0) is 13.1 Å². The highest BCUT2D eigenvalue weighted by Crippen LogP contribution is 2.32. The van der Waals surface area contributed by atoms with Crippen molar-refractivity contribution in [1.82, 2.24) is 4.57 Å². The van der Waals surface area contributed by atoms with Gasteiger partial charge in [0.2, 0.25) is 5.58 Å². The zero-order chi connectivity index (χ0) is 26.1. The Balaban J connectivity index is 1.65. The number of hydrogen-bond acceptors (Lipinski definition) is 4. The molecule has 3 heterocycles. The number of fused-ring (bicyclic) bond motifs is 2. The molecule has 0 saturated heterocycles. The predicted octanol–water partition coefficient (Wildman–Crippen LogP) is 4.81. The zero-order valence-electron chi connectivity index (χ0n) is 21.8. The predicted molar refractivity (Wildman–Crippen MR) is 154 cm³/mol. The molecule has 0 atom stereocenters. The van der Waals surface area contributed by atoms with Crippen LogP contribution in [0.2, 0.25) is 0 Å². The smallest absolute Gasteiger partial charge is 0.377 e. The molecule has 5 rings (SSSR count). The van der Waals surface area contributed by atoms with Crippen molar-refractivity contribution in [3.8, 4) is 0 Å². The summed E-state index contributed by atoms with van der Waals surface area (Å²) >= 11 is 1.47. The summed E-state index contributed by atoms with van der Waals surface area (Å²) in [5.41, 5.74) is 7.73. The van der Waals surface area contributed by atoms with Crippen molar-refractivity contribution in [2.45, 2.75) is 40.8 Å². The fourth-order valence-corrected chi connectivity index (χ4v) is 5.73. The number of para-hydroxylation sites is 1. The van der Waals surface area contributed by atoms with Crippen molar-refractivity contribution >= 4 is 45.8 Å². The Morgan fingerprint density at radius 2 is 1.89 bits per heavy atom. The number of hydrogen-bond donors (Lipinski definition) is 0. The molecule has 0 N–H and O–H groups in total. The van der Waals surface area contributed by atoms with Crippen LogP contribution in [0.15, 0.2) is 76.6 Å². The van der Waals surface area contributed by atoms with Crippen molar-refractivity contribution in [3.63, 3.8) is 0 Å². The second-order valence-electron chi connectivity index (χ2n) is 9.15.